The fourth-order valence-corrected chi connectivity index (χ4v) is 4.26. The van der Waals surface area contributed by atoms with Crippen LogP contribution < -0.4 is 0 Å². The second-order valence-electron chi connectivity index (χ2n) is 7.73. The second-order valence-corrected chi connectivity index (χ2v) is 7.73. The first-order valence-electron chi connectivity index (χ1n) is 9.86. The molecule has 146 valence electrons. The number of amides is 1. The first-order valence-corrected chi connectivity index (χ1v) is 9.86. The van der Waals surface area contributed by atoms with E-state index in [0.717, 1.165) is 54.6 Å². The number of aryl methyl sites for hydroxylation is 2. The Kier molecular flexibility index (Phi) is 4.99. The Bertz CT molecular complexity index is 807. The Balaban J connectivity index is 1.46. The second kappa shape index (κ2) is 7.42. The van der Waals surface area contributed by atoms with Crippen molar-refractivity contribution in [1.82, 2.24) is 29.7 Å². The molecule has 0 aliphatic carbocycles. The van der Waals surface area contributed by atoms with Crippen LogP contribution in [0.4, 0.5) is 0 Å². The highest BCUT2D eigenvalue weighted by atomic mass is 16.5. The number of fused-ring (bicyclic) bond motifs is 1. The van der Waals surface area contributed by atoms with Crippen LogP contribution in [0.5, 0.6) is 0 Å². The van der Waals surface area contributed by atoms with Gasteiger partial charge in [-0.25, -0.2) is 0 Å². The van der Waals surface area contributed by atoms with Gasteiger partial charge in [0.05, 0.1) is 18.2 Å². The molecule has 2 aliphatic rings. The van der Waals surface area contributed by atoms with E-state index in [2.05, 4.69) is 31.9 Å². The van der Waals surface area contributed by atoms with Gasteiger partial charge in [0.1, 0.15) is 17.4 Å². The number of piperidine rings is 1. The minimum atomic E-state index is 0.124. The summed E-state index contributed by atoms with van der Waals surface area (Å²) in [7, 11) is 2.17. The van der Waals surface area contributed by atoms with Crippen molar-refractivity contribution in [1.29, 1.82) is 0 Å². The molecule has 2 aliphatic heterocycles. The van der Waals surface area contributed by atoms with Crippen LogP contribution in [0.3, 0.4) is 0 Å². The molecule has 1 atom stereocenters. The van der Waals surface area contributed by atoms with Gasteiger partial charge in [0.25, 0.3) is 0 Å². The van der Waals surface area contributed by atoms with Crippen molar-refractivity contribution in [3.63, 3.8) is 0 Å². The Morgan fingerprint density at radius 2 is 2.00 bits per heavy atom. The summed E-state index contributed by atoms with van der Waals surface area (Å²) in [5.41, 5.74) is 1.71. The fraction of sp³-hybridized carbons (Fsp3) is 0.684. The third-order valence-electron chi connectivity index (χ3n) is 5.99. The summed E-state index contributed by atoms with van der Waals surface area (Å²) in [6.07, 6.45) is 4.71. The van der Waals surface area contributed by atoms with Gasteiger partial charge in [-0.3, -0.25) is 9.69 Å². The van der Waals surface area contributed by atoms with Crippen LogP contribution in [-0.2, 0) is 24.2 Å². The molecule has 4 heterocycles. The summed E-state index contributed by atoms with van der Waals surface area (Å²) in [5.74, 6) is 2.92. The van der Waals surface area contributed by atoms with Crippen molar-refractivity contribution in [2.45, 2.75) is 58.5 Å². The van der Waals surface area contributed by atoms with Crippen LogP contribution >= 0.6 is 0 Å². The van der Waals surface area contributed by atoms with Crippen molar-refractivity contribution in [3.05, 3.63) is 28.7 Å². The molecule has 8 heteroatoms. The van der Waals surface area contributed by atoms with Crippen LogP contribution in [0.2, 0.25) is 0 Å². The van der Waals surface area contributed by atoms with E-state index >= 15 is 0 Å². The van der Waals surface area contributed by atoms with Gasteiger partial charge in [0, 0.05) is 31.6 Å². The van der Waals surface area contributed by atoms with E-state index in [4.69, 9.17) is 4.52 Å². The molecule has 0 spiro atoms. The molecule has 1 amide bonds. The van der Waals surface area contributed by atoms with E-state index < -0.39 is 0 Å². The van der Waals surface area contributed by atoms with Crippen LogP contribution in [-0.4, -0.2) is 62.3 Å². The molecule has 1 unspecified atom stereocenters. The summed E-state index contributed by atoms with van der Waals surface area (Å²) < 4.78 is 7.44. The third kappa shape index (κ3) is 3.50. The predicted octanol–water partition coefficient (Wildman–Crippen LogP) is 1.67. The number of aromatic nitrogens is 4. The molecule has 1 fully saturated rings. The van der Waals surface area contributed by atoms with Crippen molar-refractivity contribution in [2.75, 3.05) is 26.7 Å². The zero-order valence-corrected chi connectivity index (χ0v) is 16.4. The molecule has 2 aromatic rings. The van der Waals surface area contributed by atoms with E-state index in [1.165, 1.54) is 12.8 Å². The van der Waals surface area contributed by atoms with E-state index in [1.54, 1.807) is 0 Å². The maximum Gasteiger partial charge on any atom is 0.227 e. The molecule has 4 rings (SSSR count). The van der Waals surface area contributed by atoms with Gasteiger partial charge in [-0.2, -0.15) is 0 Å². The molecule has 0 radical (unpaired) electrons. The number of hydrogen-bond donors (Lipinski definition) is 0. The first kappa shape index (κ1) is 18.2. The predicted molar refractivity (Wildman–Crippen MR) is 99.2 cm³/mol. The Morgan fingerprint density at radius 3 is 2.74 bits per heavy atom. The number of rotatable bonds is 3. The highest BCUT2D eigenvalue weighted by molar-refractivity contribution is 5.79. The molecule has 27 heavy (non-hydrogen) atoms. The topological polar surface area (TPSA) is 80.3 Å². The van der Waals surface area contributed by atoms with Crippen LogP contribution in [0.15, 0.2) is 4.52 Å². The number of likely N-dealkylation sites (tertiary alicyclic amines) is 1. The van der Waals surface area contributed by atoms with Crippen molar-refractivity contribution in [3.8, 4) is 0 Å². The van der Waals surface area contributed by atoms with Gasteiger partial charge < -0.3 is 14.0 Å². The molecule has 0 aromatic carbocycles. The highest BCUT2D eigenvalue weighted by Gasteiger charge is 2.29. The van der Waals surface area contributed by atoms with Gasteiger partial charge in [-0.05, 0) is 40.3 Å². The van der Waals surface area contributed by atoms with Gasteiger partial charge in [-0.1, -0.05) is 11.6 Å². The largest absolute Gasteiger partial charge is 0.361 e. The van der Waals surface area contributed by atoms with Crippen molar-refractivity contribution < 1.29 is 9.32 Å². The van der Waals surface area contributed by atoms with Gasteiger partial charge in [0.2, 0.25) is 5.91 Å². The minimum absolute atomic E-state index is 0.124. The molecular weight excluding hydrogens is 344 g/mol. The van der Waals surface area contributed by atoms with Crippen LogP contribution in [0.25, 0.3) is 0 Å². The normalized spacial score (nSPS) is 21.1. The number of hydrogen-bond acceptors (Lipinski definition) is 6. The average Bonchev–Trinajstić information content (AvgIpc) is 3.12. The number of carbonyl (C=O) groups excluding carboxylic acids is 1. The molecule has 0 saturated carbocycles. The van der Waals surface area contributed by atoms with Gasteiger partial charge >= 0.3 is 0 Å². The van der Waals surface area contributed by atoms with E-state index in [-0.39, 0.29) is 5.91 Å². The molecule has 0 N–H and O–H groups in total. The quantitative estimate of drug-likeness (QED) is 0.815. The third-order valence-corrected chi connectivity index (χ3v) is 5.99. The summed E-state index contributed by atoms with van der Waals surface area (Å²) in [6.45, 7) is 6.98. The van der Waals surface area contributed by atoms with E-state index in [9.17, 15) is 4.79 Å². The maximum atomic E-state index is 12.8. The van der Waals surface area contributed by atoms with E-state index in [0.29, 0.717) is 25.6 Å². The minimum Gasteiger partial charge on any atom is -0.361 e. The zero-order chi connectivity index (χ0) is 19.0. The Hall–Kier alpha value is -2.22. The number of nitrogens with zero attached hydrogens (tertiary/aromatic N) is 6. The molecule has 0 bridgehead atoms. The molecule has 1 saturated heterocycles. The summed E-state index contributed by atoms with van der Waals surface area (Å²) in [5, 5.41) is 12.9. The lowest BCUT2D eigenvalue weighted by molar-refractivity contribution is -0.130. The Morgan fingerprint density at radius 1 is 1.15 bits per heavy atom. The lowest BCUT2D eigenvalue weighted by atomic mass is 10.0. The molecule has 2 aromatic heterocycles. The average molecular weight is 372 g/mol. The summed E-state index contributed by atoms with van der Waals surface area (Å²) >= 11 is 0. The maximum absolute atomic E-state index is 12.8. The van der Waals surface area contributed by atoms with Crippen LogP contribution in [0.1, 0.15) is 54.0 Å². The van der Waals surface area contributed by atoms with Gasteiger partial charge in [-0.15, -0.1) is 10.2 Å². The SMILES string of the molecule is Cc1noc(C)c1CC(=O)N1CCc2nnc(C3CCCCN3C)n2CC1. The van der Waals surface area contributed by atoms with E-state index in [1.807, 2.05) is 18.7 Å². The molecule has 8 nitrogen and oxygen atoms in total. The summed E-state index contributed by atoms with van der Waals surface area (Å²) in [6, 6.07) is 0.338. The van der Waals surface area contributed by atoms with Crippen molar-refractivity contribution >= 4 is 5.91 Å². The lowest BCUT2D eigenvalue weighted by Crippen LogP contribution is -2.35. The first-order chi connectivity index (χ1) is 13.0. The highest BCUT2D eigenvalue weighted by Crippen LogP contribution is 2.29. The lowest BCUT2D eigenvalue weighted by Gasteiger charge is -2.32. The fourth-order valence-electron chi connectivity index (χ4n) is 4.26. The number of carbonyl (C=O) groups is 1. The monoisotopic (exact) mass is 372 g/mol. The Labute approximate surface area is 159 Å². The van der Waals surface area contributed by atoms with Crippen molar-refractivity contribution in [2.24, 2.45) is 0 Å². The summed E-state index contributed by atoms with van der Waals surface area (Å²) in [4.78, 5) is 17.2. The van der Waals surface area contributed by atoms with Gasteiger partial charge in [0.15, 0.2) is 0 Å². The van der Waals surface area contributed by atoms with Crippen LogP contribution in [0, 0.1) is 13.8 Å². The smallest absolute Gasteiger partial charge is 0.227 e. The molecular formula is C19H28N6O2. The standard InChI is InChI=1S/C19H28N6O2/c1-13-15(14(2)27-22-13)12-18(26)24-9-7-17-20-21-19(25(17)11-10-24)16-6-4-5-8-23(16)3/h16H,4-12H2,1-3H3. The zero-order valence-electron chi connectivity index (χ0n) is 16.4.